The highest BCUT2D eigenvalue weighted by Crippen LogP contribution is 2.34. The van der Waals surface area contributed by atoms with E-state index in [4.69, 9.17) is 4.98 Å². The Bertz CT molecular complexity index is 990. The number of rotatable bonds is 3. The summed E-state index contributed by atoms with van der Waals surface area (Å²) in [5.41, 5.74) is 4.09. The minimum absolute atomic E-state index is 0.143. The number of thiazole rings is 1. The number of benzene rings is 2. The van der Waals surface area contributed by atoms with Crippen LogP contribution in [0.15, 0.2) is 41.3 Å². The summed E-state index contributed by atoms with van der Waals surface area (Å²) in [5.74, 6) is 0.143. The molecule has 1 fully saturated rings. The van der Waals surface area contributed by atoms with Gasteiger partial charge in [0.2, 0.25) is 0 Å². The smallest absolute Gasteiger partial charge is 0.254 e. The van der Waals surface area contributed by atoms with Crippen molar-refractivity contribution in [3.05, 3.63) is 53.1 Å². The van der Waals surface area contributed by atoms with Gasteiger partial charge in [0.05, 0.1) is 10.2 Å². The zero-order valence-corrected chi connectivity index (χ0v) is 17.5. The summed E-state index contributed by atoms with van der Waals surface area (Å²) in [4.78, 5) is 23.3. The van der Waals surface area contributed by atoms with E-state index >= 15 is 0 Å². The number of amides is 1. The van der Waals surface area contributed by atoms with E-state index in [0.717, 1.165) is 53.5 Å². The second-order valence-corrected chi connectivity index (χ2v) is 8.76. The van der Waals surface area contributed by atoms with E-state index in [2.05, 4.69) is 35.4 Å². The number of anilines is 1. The van der Waals surface area contributed by atoms with Crippen LogP contribution in [-0.2, 0) is 0 Å². The first-order chi connectivity index (χ1) is 13.1. The van der Waals surface area contributed by atoms with Crippen molar-refractivity contribution in [3.8, 4) is 0 Å². The SMILES string of the molecule is CSc1cccc2sc(N3CCN(C(=O)c4cc(C)ccc4C)CC3)nc12. The molecule has 0 unspecified atom stereocenters. The first kappa shape index (κ1) is 18.3. The molecule has 0 saturated carbocycles. The third kappa shape index (κ3) is 3.56. The molecule has 2 aromatic carbocycles. The fraction of sp³-hybridized carbons (Fsp3) is 0.333. The summed E-state index contributed by atoms with van der Waals surface area (Å²) in [6.45, 7) is 7.16. The van der Waals surface area contributed by atoms with Crippen LogP contribution >= 0.6 is 23.1 Å². The Kier molecular flexibility index (Phi) is 5.10. The Hall–Kier alpha value is -2.05. The van der Waals surface area contributed by atoms with Crippen LogP contribution in [0.3, 0.4) is 0 Å². The molecule has 0 atom stereocenters. The van der Waals surface area contributed by atoms with Crippen molar-refractivity contribution in [2.45, 2.75) is 18.7 Å². The zero-order valence-electron chi connectivity index (χ0n) is 15.9. The minimum Gasteiger partial charge on any atom is -0.345 e. The molecule has 4 rings (SSSR count). The Morgan fingerprint density at radius 2 is 1.89 bits per heavy atom. The van der Waals surface area contributed by atoms with E-state index < -0.39 is 0 Å². The number of aryl methyl sites for hydroxylation is 2. The molecule has 6 heteroatoms. The average Bonchev–Trinajstić information content (AvgIpc) is 3.14. The predicted octanol–water partition coefficient (Wildman–Crippen LogP) is 4.60. The normalized spacial score (nSPS) is 14.8. The number of thioether (sulfide) groups is 1. The highest BCUT2D eigenvalue weighted by atomic mass is 32.2. The van der Waals surface area contributed by atoms with Crippen molar-refractivity contribution >= 4 is 44.4 Å². The summed E-state index contributed by atoms with van der Waals surface area (Å²) >= 11 is 3.48. The summed E-state index contributed by atoms with van der Waals surface area (Å²) < 4.78 is 1.23. The van der Waals surface area contributed by atoms with E-state index in [1.807, 2.05) is 30.9 Å². The largest absolute Gasteiger partial charge is 0.345 e. The van der Waals surface area contributed by atoms with E-state index in [-0.39, 0.29) is 5.91 Å². The standard InChI is InChI=1S/C21H23N3OS2/c1-14-7-8-15(2)16(13-14)20(25)23-9-11-24(12-10-23)21-22-19-17(26-3)5-4-6-18(19)27-21/h4-8,13H,9-12H2,1-3H3. The molecule has 0 N–H and O–H groups in total. The summed E-state index contributed by atoms with van der Waals surface area (Å²) in [7, 11) is 0. The first-order valence-corrected chi connectivity index (χ1v) is 11.2. The molecule has 0 bridgehead atoms. The minimum atomic E-state index is 0.143. The molecule has 1 saturated heterocycles. The number of aromatic nitrogens is 1. The Labute approximate surface area is 168 Å². The Morgan fingerprint density at radius 3 is 2.63 bits per heavy atom. The molecule has 1 amide bonds. The fourth-order valence-corrected chi connectivity index (χ4v) is 5.12. The molecule has 0 spiro atoms. The van der Waals surface area contributed by atoms with Gasteiger partial charge in [0.15, 0.2) is 5.13 Å². The van der Waals surface area contributed by atoms with Gasteiger partial charge < -0.3 is 9.80 Å². The quantitative estimate of drug-likeness (QED) is 0.605. The predicted molar refractivity (Wildman–Crippen MR) is 115 cm³/mol. The van der Waals surface area contributed by atoms with Crippen LogP contribution in [0.4, 0.5) is 5.13 Å². The highest BCUT2D eigenvalue weighted by Gasteiger charge is 2.25. The van der Waals surface area contributed by atoms with Crippen molar-refractivity contribution in [1.82, 2.24) is 9.88 Å². The third-order valence-corrected chi connectivity index (χ3v) is 6.90. The molecule has 3 aromatic rings. The Morgan fingerprint density at radius 1 is 1.11 bits per heavy atom. The van der Waals surface area contributed by atoms with Gasteiger partial charge >= 0.3 is 0 Å². The lowest BCUT2D eigenvalue weighted by Crippen LogP contribution is -2.48. The van der Waals surface area contributed by atoms with Gasteiger partial charge in [0.1, 0.15) is 0 Å². The molecule has 2 heterocycles. The van der Waals surface area contributed by atoms with Gasteiger partial charge in [-0.05, 0) is 43.9 Å². The lowest BCUT2D eigenvalue weighted by atomic mass is 10.0. The highest BCUT2D eigenvalue weighted by molar-refractivity contribution is 7.98. The van der Waals surface area contributed by atoms with Crippen molar-refractivity contribution < 1.29 is 4.79 Å². The molecule has 0 aliphatic carbocycles. The molecular weight excluding hydrogens is 374 g/mol. The van der Waals surface area contributed by atoms with E-state index in [1.54, 1.807) is 23.1 Å². The van der Waals surface area contributed by atoms with Crippen LogP contribution in [0, 0.1) is 13.8 Å². The molecular formula is C21H23N3OS2. The number of piperazine rings is 1. The molecule has 1 aliphatic rings. The molecule has 140 valence electrons. The molecule has 4 nitrogen and oxygen atoms in total. The first-order valence-electron chi connectivity index (χ1n) is 9.12. The second kappa shape index (κ2) is 7.52. The number of hydrogen-bond acceptors (Lipinski definition) is 5. The van der Waals surface area contributed by atoms with Gasteiger partial charge in [-0.25, -0.2) is 4.98 Å². The average molecular weight is 398 g/mol. The van der Waals surface area contributed by atoms with Gasteiger partial charge in [0.25, 0.3) is 5.91 Å². The van der Waals surface area contributed by atoms with Crippen LogP contribution in [0.2, 0.25) is 0 Å². The summed E-state index contributed by atoms with van der Waals surface area (Å²) in [5, 5.41) is 1.06. The number of para-hydroxylation sites is 1. The van der Waals surface area contributed by atoms with Gasteiger partial charge in [0, 0.05) is 36.6 Å². The van der Waals surface area contributed by atoms with Crippen molar-refractivity contribution in [2.75, 3.05) is 37.3 Å². The maximum atomic E-state index is 12.9. The topological polar surface area (TPSA) is 36.4 Å². The van der Waals surface area contributed by atoms with E-state index in [1.165, 1.54) is 9.60 Å². The maximum Gasteiger partial charge on any atom is 0.254 e. The Balaban J connectivity index is 1.49. The van der Waals surface area contributed by atoms with Crippen molar-refractivity contribution in [2.24, 2.45) is 0 Å². The molecule has 0 radical (unpaired) electrons. The van der Waals surface area contributed by atoms with E-state index in [0.29, 0.717) is 0 Å². The third-order valence-electron chi connectivity index (χ3n) is 5.05. The number of nitrogens with zero attached hydrogens (tertiary/aromatic N) is 3. The number of carbonyl (C=O) groups excluding carboxylic acids is 1. The number of hydrogen-bond donors (Lipinski definition) is 0. The second-order valence-electron chi connectivity index (χ2n) is 6.90. The van der Waals surface area contributed by atoms with Crippen LogP contribution in [0.25, 0.3) is 10.2 Å². The van der Waals surface area contributed by atoms with Crippen LogP contribution in [0.5, 0.6) is 0 Å². The summed E-state index contributed by atoms with van der Waals surface area (Å²) in [6, 6.07) is 12.4. The monoisotopic (exact) mass is 397 g/mol. The fourth-order valence-electron chi connectivity index (χ4n) is 3.45. The zero-order chi connectivity index (χ0) is 19.0. The van der Waals surface area contributed by atoms with Crippen molar-refractivity contribution in [1.29, 1.82) is 0 Å². The van der Waals surface area contributed by atoms with Gasteiger partial charge in [-0.3, -0.25) is 4.79 Å². The molecule has 1 aliphatic heterocycles. The lowest BCUT2D eigenvalue weighted by Gasteiger charge is -2.34. The molecule has 27 heavy (non-hydrogen) atoms. The molecule has 1 aromatic heterocycles. The van der Waals surface area contributed by atoms with E-state index in [9.17, 15) is 4.79 Å². The maximum absolute atomic E-state index is 12.9. The number of carbonyl (C=O) groups is 1. The lowest BCUT2D eigenvalue weighted by molar-refractivity contribution is 0.0746. The van der Waals surface area contributed by atoms with Gasteiger partial charge in [-0.1, -0.05) is 35.1 Å². The van der Waals surface area contributed by atoms with Crippen LogP contribution in [-0.4, -0.2) is 48.2 Å². The summed E-state index contributed by atoms with van der Waals surface area (Å²) in [6.07, 6.45) is 2.09. The van der Waals surface area contributed by atoms with Crippen LogP contribution < -0.4 is 4.90 Å². The van der Waals surface area contributed by atoms with Gasteiger partial charge in [-0.15, -0.1) is 11.8 Å². The van der Waals surface area contributed by atoms with Gasteiger partial charge in [-0.2, -0.15) is 0 Å². The number of fused-ring (bicyclic) bond motifs is 1. The van der Waals surface area contributed by atoms with Crippen molar-refractivity contribution in [3.63, 3.8) is 0 Å². The van der Waals surface area contributed by atoms with Crippen LogP contribution in [0.1, 0.15) is 21.5 Å².